The maximum atomic E-state index is 12.5. The molecule has 0 aromatic heterocycles. The highest BCUT2D eigenvalue weighted by atomic mass is 31.2. The minimum atomic E-state index is -4.73. The van der Waals surface area contributed by atoms with Gasteiger partial charge in [0, 0.05) is 12.0 Å². The van der Waals surface area contributed by atoms with Crippen LogP contribution in [-0.4, -0.2) is 87.3 Å². The van der Waals surface area contributed by atoms with Crippen molar-refractivity contribution < 1.29 is 51.2 Å². The molecule has 2 aliphatic heterocycles. The van der Waals surface area contributed by atoms with Crippen molar-refractivity contribution in [3.8, 4) is 0 Å². The predicted molar refractivity (Wildman–Crippen MR) is 101 cm³/mol. The third kappa shape index (κ3) is 7.70. The first-order valence-corrected chi connectivity index (χ1v) is 12.1. The molecule has 4 unspecified atom stereocenters. The van der Waals surface area contributed by atoms with Gasteiger partial charge in [0.25, 0.3) is 0 Å². The Balaban J connectivity index is 2.03. The van der Waals surface area contributed by atoms with Crippen molar-refractivity contribution in [3.63, 3.8) is 0 Å². The first kappa shape index (κ1) is 25.5. The molecule has 2 N–H and O–H groups in total. The van der Waals surface area contributed by atoms with Gasteiger partial charge in [0.2, 0.25) is 0 Å². The van der Waals surface area contributed by atoms with Crippen LogP contribution in [-0.2, 0) is 41.4 Å². The SMILES string of the molecule is [B][C@@H]1OCC(OP(=O)(O)O[C@H]2C(OP(=O)(O)OC(C)C)CO[C@H]2[B])[C@@H]1OC(C)C. The third-order valence-electron chi connectivity index (χ3n) is 3.85. The highest BCUT2D eigenvalue weighted by molar-refractivity contribution is 7.47. The molecule has 0 spiro atoms. The average Bonchev–Trinajstić information content (AvgIpc) is 3.03. The molecule has 0 aromatic carbocycles. The fourth-order valence-corrected chi connectivity index (χ4v) is 5.06. The van der Waals surface area contributed by atoms with Crippen molar-refractivity contribution in [1.29, 1.82) is 0 Å². The van der Waals surface area contributed by atoms with Gasteiger partial charge in [0.15, 0.2) is 0 Å². The Morgan fingerprint density at radius 2 is 1.31 bits per heavy atom. The monoisotopic (exact) mass is 454 g/mol. The van der Waals surface area contributed by atoms with Gasteiger partial charge in [-0.3, -0.25) is 18.1 Å². The van der Waals surface area contributed by atoms with E-state index in [0.29, 0.717) is 0 Å². The van der Waals surface area contributed by atoms with Gasteiger partial charge in [0.1, 0.15) is 40.1 Å². The molecule has 0 bridgehead atoms. The first-order valence-electron chi connectivity index (χ1n) is 9.08. The smallest absolute Gasteiger partial charge is 0.382 e. The van der Waals surface area contributed by atoms with Gasteiger partial charge in [-0.2, -0.15) is 0 Å². The van der Waals surface area contributed by atoms with Gasteiger partial charge in [-0.25, -0.2) is 9.13 Å². The molecule has 0 aromatic rings. The molecular formula is C14H26B2O11P2. The molecule has 0 amide bonds. The molecular weight excluding hydrogens is 428 g/mol. The lowest BCUT2D eigenvalue weighted by Crippen LogP contribution is -2.38. The van der Waals surface area contributed by atoms with Crippen LogP contribution in [0.2, 0.25) is 0 Å². The summed E-state index contributed by atoms with van der Waals surface area (Å²) < 4.78 is 60.5. The lowest BCUT2D eigenvalue weighted by molar-refractivity contribution is -0.0546. The quantitative estimate of drug-likeness (QED) is 0.355. The van der Waals surface area contributed by atoms with E-state index in [0.717, 1.165) is 0 Å². The van der Waals surface area contributed by atoms with E-state index in [4.69, 9.17) is 48.0 Å². The molecule has 8 atom stereocenters. The van der Waals surface area contributed by atoms with Crippen LogP contribution in [0.3, 0.4) is 0 Å². The first-order chi connectivity index (χ1) is 13.3. The number of phosphoric acid groups is 2. The summed E-state index contributed by atoms with van der Waals surface area (Å²) in [6, 6.07) is -2.04. The number of hydrogen-bond acceptors (Lipinski definition) is 9. The third-order valence-corrected chi connectivity index (χ3v) is 6.12. The zero-order chi connectivity index (χ0) is 22.0. The maximum Gasteiger partial charge on any atom is 0.473 e. The second-order valence-electron chi connectivity index (χ2n) is 7.19. The largest absolute Gasteiger partial charge is 0.473 e. The van der Waals surface area contributed by atoms with Gasteiger partial charge < -0.3 is 24.0 Å². The molecule has 2 saturated heterocycles. The summed E-state index contributed by atoms with van der Waals surface area (Å²) in [4.78, 5) is 20.0. The summed E-state index contributed by atoms with van der Waals surface area (Å²) in [5.74, 6) is 0. The predicted octanol–water partition coefficient (Wildman–Crippen LogP) is 0.611. The second-order valence-corrected chi connectivity index (χ2v) is 9.91. The van der Waals surface area contributed by atoms with E-state index < -0.39 is 58.2 Å². The number of rotatable bonds is 10. The Morgan fingerprint density at radius 3 is 1.83 bits per heavy atom. The lowest BCUT2D eigenvalue weighted by atomic mass is 9.93. The van der Waals surface area contributed by atoms with Crippen LogP contribution >= 0.6 is 15.6 Å². The molecule has 2 fully saturated rings. The fourth-order valence-electron chi connectivity index (χ4n) is 2.81. The number of hydrogen-bond donors (Lipinski definition) is 2. The Kier molecular flexibility index (Phi) is 8.99. The molecule has 164 valence electrons. The summed E-state index contributed by atoms with van der Waals surface area (Å²) >= 11 is 0. The van der Waals surface area contributed by atoms with Gasteiger partial charge in [-0.05, 0) is 27.7 Å². The van der Waals surface area contributed by atoms with Crippen LogP contribution in [0.15, 0.2) is 0 Å². The van der Waals surface area contributed by atoms with Gasteiger partial charge >= 0.3 is 15.6 Å². The van der Waals surface area contributed by atoms with Crippen LogP contribution in [0.4, 0.5) is 0 Å². The van der Waals surface area contributed by atoms with E-state index in [1.807, 2.05) is 0 Å². The minimum Gasteiger partial charge on any atom is -0.382 e. The van der Waals surface area contributed by atoms with Crippen molar-refractivity contribution >= 4 is 31.3 Å². The molecule has 15 heteroatoms. The summed E-state index contributed by atoms with van der Waals surface area (Å²) in [6.07, 6.45) is -5.22. The summed E-state index contributed by atoms with van der Waals surface area (Å²) in [5, 5.41) is 0. The van der Waals surface area contributed by atoms with E-state index in [9.17, 15) is 18.9 Å². The molecule has 2 aliphatic rings. The van der Waals surface area contributed by atoms with Crippen molar-refractivity contribution in [1.82, 2.24) is 0 Å². The molecule has 0 saturated carbocycles. The molecule has 29 heavy (non-hydrogen) atoms. The molecule has 11 nitrogen and oxygen atoms in total. The normalized spacial score (nSPS) is 37.1. The topological polar surface area (TPSA) is 139 Å². The van der Waals surface area contributed by atoms with Gasteiger partial charge in [-0.15, -0.1) is 0 Å². The highest BCUT2D eigenvalue weighted by Gasteiger charge is 2.47. The Hall–Kier alpha value is 0.230. The van der Waals surface area contributed by atoms with Crippen molar-refractivity contribution in [3.05, 3.63) is 0 Å². The van der Waals surface area contributed by atoms with Crippen molar-refractivity contribution in [2.75, 3.05) is 13.2 Å². The van der Waals surface area contributed by atoms with E-state index in [-0.39, 0.29) is 19.3 Å². The lowest BCUT2D eigenvalue weighted by Gasteiger charge is -2.28. The summed E-state index contributed by atoms with van der Waals surface area (Å²) in [5.41, 5.74) is 0. The zero-order valence-corrected chi connectivity index (χ0v) is 18.4. The average molecular weight is 454 g/mol. The van der Waals surface area contributed by atoms with Crippen LogP contribution < -0.4 is 0 Å². The van der Waals surface area contributed by atoms with Crippen LogP contribution in [0.1, 0.15) is 27.7 Å². The summed E-state index contributed by atoms with van der Waals surface area (Å²) in [6.45, 7) is 6.26. The van der Waals surface area contributed by atoms with Gasteiger partial charge in [-0.1, -0.05) is 0 Å². The molecule has 2 heterocycles. The fraction of sp³-hybridized carbons (Fsp3) is 1.00. The number of ether oxygens (including phenoxy) is 3. The molecule has 4 radical (unpaired) electrons. The van der Waals surface area contributed by atoms with Gasteiger partial charge in [0.05, 0.1) is 25.4 Å². The van der Waals surface area contributed by atoms with Crippen LogP contribution in [0, 0.1) is 0 Å². The second kappa shape index (κ2) is 10.2. The standard InChI is InChI=1S/C14H26B2O11P2/c1-7(2)23-11-9(5-21-13(11)15)25-29(19,20)27-12-10(6-22-14(12)16)26-28(17,18)24-8(3)4/h7-14H,5-6H2,1-4H3,(H,17,18)(H,19,20)/t9?,10?,11-,12-,13+,14+/m0/s1. The van der Waals surface area contributed by atoms with E-state index in [1.54, 1.807) is 13.8 Å². The van der Waals surface area contributed by atoms with E-state index >= 15 is 0 Å². The summed E-state index contributed by atoms with van der Waals surface area (Å²) in [7, 11) is 2.30. The van der Waals surface area contributed by atoms with Crippen LogP contribution in [0.5, 0.6) is 0 Å². The minimum absolute atomic E-state index is 0.0896. The Labute approximate surface area is 172 Å². The van der Waals surface area contributed by atoms with E-state index in [2.05, 4.69) is 0 Å². The number of phosphoric ester groups is 2. The maximum absolute atomic E-state index is 12.5. The highest BCUT2D eigenvalue weighted by Crippen LogP contribution is 2.52. The van der Waals surface area contributed by atoms with Crippen LogP contribution in [0.25, 0.3) is 0 Å². The Morgan fingerprint density at radius 1 is 0.828 bits per heavy atom. The van der Waals surface area contributed by atoms with Crippen molar-refractivity contribution in [2.45, 2.75) is 76.3 Å². The Bertz CT molecular complexity index is 637. The molecule has 2 rings (SSSR count). The van der Waals surface area contributed by atoms with Crippen molar-refractivity contribution in [2.24, 2.45) is 0 Å². The molecule has 0 aliphatic carbocycles. The zero-order valence-electron chi connectivity index (χ0n) is 16.7. The van der Waals surface area contributed by atoms with E-state index in [1.165, 1.54) is 13.8 Å².